The highest BCUT2D eigenvalue weighted by atomic mass is 127. The van der Waals surface area contributed by atoms with Crippen LogP contribution in [0.25, 0.3) is 0 Å². The van der Waals surface area contributed by atoms with Crippen molar-refractivity contribution in [1.29, 1.82) is 0 Å². The van der Waals surface area contributed by atoms with Gasteiger partial charge in [0.05, 0.1) is 9.13 Å². The molecule has 3 N–H and O–H groups in total. The van der Waals surface area contributed by atoms with Crippen molar-refractivity contribution < 1.29 is 19.8 Å². The Balaban J connectivity index is 2.21. The lowest BCUT2D eigenvalue weighted by molar-refractivity contribution is 0.0696. The summed E-state index contributed by atoms with van der Waals surface area (Å²) in [4.78, 5) is 23.0. The topological polar surface area (TPSA) is 86.6 Å². The number of amides is 1. The number of halogens is 1. The fourth-order valence-electron chi connectivity index (χ4n) is 1.84. The summed E-state index contributed by atoms with van der Waals surface area (Å²) in [6.45, 7) is 1.66. The van der Waals surface area contributed by atoms with Crippen LogP contribution in [0.15, 0.2) is 36.4 Å². The van der Waals surface area contributed by atoms with Gasteiger partial charge < -0.3 is 15.5 Å². The van der Waals surface area contributed by atoms with Crippen LogP contribution in [0.1, 0.15) is 26.3 Å². The maximum Gasteiger partial charge on any atom is 0.335 e. The highest BCUT2D eigenvalue weighted by Crippen LogP contribution is 2.22. The number of carbonyl (C=O) groups is 2. The van der Waals surface area contributed by atoms with E-state index >= 15 is 0 Å². The number of hydrogen-bond acceptors (Lipinski definition) is 3. The third-order valence-corrected chi connectivity index (χ3v) is 3.84. The van der Waals surface area contributed by atoms with Crippen LogP contribution in [0.3, 0.4) is 0 Å². The van der Waals surface area contributed by atoms with E-state index in [2.05, 4.69) is 5.32 Å². The number of hydrogen-bond donors (Lipinski definition) is 3. The molecule has 5 nitrogen and oxygen atoms in total. The third kappa shape index (κ3) is 3.52. The number of phenols is 1. The van der Waals surface area contributed by atoms with Crippen LogP contribution in [0.2, 0.25) is 0 Å². The standard InChI is InChI=1S/C15H12INO4/c1-8-6-10(3-4-11(8)15(20)21)17-14(19)9-2-5-12(16)13(18)7-9/h2-7,18H,1H3,(H,17,19)(H,20,21). The summed E-state index contributed by atoms with van der Waals surface area (Å²) in [5.74, 6) is -1.34. The predicted octanol–water partition coefficient (Wildman–Crippen LogP) is 3.26. The molecule has 0 saturated heterocycles. The highest BCUT2D eigenvalue weighted by Gasteiger charge is 2.11. The van der Waals surface area contributed by atoms with Gasteiger partial charge in [-0.15, -0.1) is 0 Å². The number of rotatable bonds is 3. The Morgan fingerprint density at radius 1 is 1.14 bits per heavy atom. The Hall–Kier alpha value is -2.09. The van der Waals surface area contributed by atoms with Crippen LogP contribution in [-0.2, 0) is 0 Å². The van der Waals surface area contributed by atoms with Crippen molar-refractivity contribution in [3.05, 3.63) is 56.7 Å². The molecule has 2 aromatic rings. The first-order valence-corrected chi connectivity index (χ1v) is 7.10. The van der Waals surface area contributed by atoms with E-state index in [0.717, 1.165) is 0 Å². The number of anilines is 1. The van der Waals surface area contributed by atoms with Gasteiger partial charge in [0.1, 0.15) is 5.75 Å². The highest BCUT2D eigenvalue weighted by molar-refractivity contribution is 14.1. The first kappa shape index (κ1) is 15.3. The molecule has 0 spiro atoms. The van der Waals surface area contributed by atoms with Crippen molar-refractivity contribution in [2.45, 2.75) is 6.92 Å². The van der Waals surface area contributed by atoms with Gasteiger partial charge in [0, 0.05) is 11.3 Å². The van der Waals surface area contributed by atoms with Gasteiger partial charge >= 0.3 is 5.97 Å². The third-order valence-electron chi connectivity index (χ3n) is 2.92. The Labute approximate surface area is 134 Å². The van der Waals surface area contributed by atoms with Gasteiger partial charge in [0.25, 0.3) is 5.91 Å². The lowest BCUT2D eigenvalue weighted by atomic mass is 10.1. The molecule has 0 fully saturated rings. The number of carboxylic acid groups (broad SMARTS) is 1. The normalized spacial score (nSPS) is 10.2. The van der Waals surface area contributed by atoms with E-state index in [4.69, 9.17) is 5.11 Å². The van der Waals surface area contributed by atoms with Crippen LogP contribution < -0.4 is 5.32 Å². The number of aryl methyl sites for hydroxylation is 1. The van der Waals surface area contributed by atoms with Crippen molar-refractivity contribution in [2.24, 2.45) is 0 Å². The number of aromatic hydroxyl groups is 1. The lowest BCUT2D eigenvalue weighted by Gasteiger charge is -2.08. The number of carbonyl (C=O) groups excluding carboxylic acids is 1. The molecule has 0 radical (unpaired) electrons. The van der Waals surface area contributed by atoms with Gasteiger partial charge in [-0.2, -0.15) is 0 Å². The van der Waals surface area contributed by atoms with Crippen molar-refractivity contribution in [3.63, 3.8) is 0 Å². The van der Waals surface area contributed by atoms with Crippen molar-refractivity contribution in [3.8, 4) is 5.75 Å². The summed E-state index contributed by atoms with van der Waals surface area (Å²) >= 11 is 1.96. The molecule has 0 bridgehead atoms. The van der Waals surface area contributed by atoms with Crippen LogP contribution in [0.5, 0.6) is 5.75 Å². The molecule has 6 heteroatoms. The summed E-state index contributed by atoms with van der Waals surface area (Å²) in [6, 6.07) is 9.20. The summed E-state index contributed by atoms with van der Waals surface area (Å²) in [6.07, 6.45) is 0. The van der Waals surface area contributed by atoms with Gasteiger partial charge in [-0.25, -0.2) is 4.79 Å². The molecule has 0 aliphatic rings. The smallest absolute Gasteiger partial charge is 0.335 e. The van der Waals surface area contributed by atoms with Crippen LogP contribution in [0, 0.1) is 10.5 Å². The molecule has 0 atom stereocenters. The Kier molecular flexibility index (Phi) is 4.46. The molecule has 0 aliphatic carbocycles. The molecule has 2 rings (SSSR count). The minimum absolute atomic E-state index is 0.0423. The number of benzene rings is 2. The molecule has 0 aliphatic heterocycles. The zero-order valence-corrected chi connectivity index (χ0v) is 13.2. The number of phenolic OH excluding ortho intramolecular Hbond substituents is 1. The summed E-state index contributed by atoms with van der Waals surface area (Å²) in [7, 11) is 0. The second-order valence-electron chi connectivity index (χ2n) is 4.46. The maximum absolute atomic E-state index is 12.1. The Bertz CT molecular complexity index is 728. The predicted molar refractivity (Wildman–Crippen MR) is 86.9 cm³/mol. The molecule has 2 aromatic carbocycles. The van der Waals surface area contributed by atoms with Crippen LogP contribution >= 0.6 is 22.6 Å². The number of carboxylic acids is 1. The molecule has 21 heavy (non-hydrogen) atoms. The van der Waals surface area contributed by atoms with Crippen LogP contribution in [-0.4, -0.2) is 22.1 Å². The maximum atomic E-state index is 12.1. The first-order chi connectivity index (χ1) is 9.88. The molecule has 0 aromatic heterocycles. The average Bonchev–Trinajstić information content (AvgIpc) is 2.41. The van der Waals surface area contributed by atoms with Crippen LogP contribution in [0.4, 0.5) is 5.69 Å². The van der Waals surface area contributed by atoms with E-state index in [1.54, 1.807) is 25.1 Å². The fourth-order valence-corrected chi connectivity index (χ4v) is 2.17. The Morgan fingerprint density at radius 2 is 1.86 bits per heavy atom. The molecule has 0 unspecified atom stereocenters. The molecular formula is C15H12INO4. The minimum atomic E-state index is -1.01. The van der Waals surface area contributed by atoms with E-state index in [1.165, 1.54) is 18.2 Å². The average molecular weight is 397 g/mol. The summed E-state index contributed by atoms with van der Waals surface area (Å²) in [5, 5.41) is 21.2. The van der Waals surface area contributed by atoms with Crippen molar-refractivity contribution in [1.82, 2.24) is 0 Å². The second-order valence-corrected chi connectivity index (χ2v) is 5.62. The van der Waals surface area contributed by atoms with E-state index < -0.39 is 5.97 Å². The summed E-state index contributed by atoms with van der Waals surface area (Å²) in [5.41, 5.74) is 1.58. The van der Waals surface area contributed by atoms with Gasteiger partial charge in [-0.3, -0.25) is 4.79 Å². The monoisotopic (exact) mass is 397 g/mol. The van der Waals surface area contributed by atoms with E-state index in [-0.39, 0.29) is 17.2 Å². The van der Waals surface area contributed by atoms with Gasteiger partial charge in [0.15, 0.2) is 0 Å². The summed E-state index contributed by atoms with van der Waals surface area (Å²) < 4.78 is 0.658. The Morgan fingerprint density at radius 3 is 2.43 bits per heavy atom. The number of aromatic carboxylic acids is 1. The number of nitrogens with one attached hydrogen (secondary N) is 1. The SMILES string of the molecule is Cc1cc(NC(=O)c2ccc(I)c(O)c2)ccc1C(=O)O. The van der Waals surface area contributed by atoms with Gasteiger partial charge in [0.2, 0.25) is 0 Å². The van der Waals surface area contributed by atoms with Gasteiger partial charge in [-0.05, 0) is 71.5 Å². The molecule has 0 saturated carbocycles. The minimum Gasteiger partial charge on any atom is -0.507 e. The lowest BCUT2D eigenvalue weighted by Crippen LogP contribution is -2.12. The fraction of sp³-hybridized carbons (Fsp3) is 0.0667. The second kappa shape index (κ2) is 6.13. The quantitative estimate of drug-likeness (QED) is 0.695. The van der Waals surface area contributed by atoms with E-state index in [0.29, 0.717) is 20.4 Å². The molecule has 108 valence electrons. The van der Waals surface area contributed by atoms with Crippen molar-refractivity contribution >= 4 is 40.2 Å². The van der Waals surface area contributed by atoms with Gasteiger partial charge in [-0.1, -0.05) is 0 Å². The zero-order valence-electron chi connectivity index (χ0n) is 11.1. The molecule has 0 heterocycles. The van der Waals surface area contributed by atoms with Crippen molar-refractivity contribution in [2.75, 3.05) is 5.32 Å². The molecule has 1 amide bonds. The van der Waals surface area contributed by atoms with E-state index in [9.17, 15) is 14.7 Å². The first-order valence-electron chi connectivity index (χ1n) is 6.02. The molecular weight excluding hydrogens is 385 g/mol. The largest absolute Gasteiger partial charge is 0.507 e. The van der Waals surface area contributed by atoms with E-state index in [1.807, 2.05) is 22.6 Å². The zero-order chi connectivity index (χ0) is 15.6.